The summed E-state index contributed by atoms with van der Waals surface area (Å²) in [6.45, 7) is 1.49. The van der Waals surface area contributed by atoms with E-state index in [1.807, 2.05) is 0 Å². The second-order valence-electron chi connectivity index (χ2n) is 1.48. The molecule has 0 atom stereocenters. The van der Waals surface area contributed by atoms with Crippen molar-refractivity contribution in [3.63, 3.8) is 0 Å². The van der Waals surface area contributed by atoms with Gasteiger partial charge in [-0.1, -0.05) is 0 Å². The monoisotopic (exact) mass is 128 g/mol. The van der Waals surface area contributed by atoms with Crippen molar-refractivity contribution in [1.82, 2.24) is 10.4 Å². The highest BCUT2D eigenvalue weighted by Crippen LogP contribution is 1.99. The Morgan fingerprint density at radius 2 is 2.44 bits per heavy atom. The molecule has 5 heteroatoms. The van der Waals surface area contributed by atoms with Crippen LogP contribution >= 0.6 is 0 Å². The van der Waals surface area contributed by atoms with Gasteiger partial charge in [0.1, 0.15) is 0 Å². The molecule has 1 aromatic heterocycles. The molecule has 0 aliphatic rings. The minimum absolute atomic E-state index is 0.130. The van der Waals surface area contributed by atoms with Crippen molar-refractivity contribution in [1.29, 1.82) is 0 Å². The highest BCUT2D eigenvalue weighted by Gasteiger charge is 2.11. The predicted octanol–water partition coefficient (Wildman–Crippen LogP) is 0.0762. The van der Waals surface area contributed by atoms with E-state index in [1.165, 1.54) is 6.92 Å². The lowest BCUT2D eigenvalue weighted by atomic mass is 10.4. The van der Waals surface area contributed by atoms with Crippen molar-refractivity contribution in [2.45, 2.75) is 6.92 Å². The van der Waals surface area contributed by atoms with Gasteiger partial charge < -0.3 is 9.63 Å². The SMILES string of the molecule is Cc1onnc1C(=O)O. The Balaban J connectivity index is 3.08. The molecule has 0 saturated heterocycles. The van der Waals surface area contributed by atoms with Gasteiger partial charge in [-0.25, -0.2) is 4.79 Å². The first-order valence-electron chi connectivity index (χ1n) is 2.24. The molecule has 1 aromatic rings. The molecule has 0 aromatic carbocycles. The van der Waals surface area contributed by atoms with E-state index >= 15 is 0 Å². The summed E-state index contributed by atoms with van der Waals surface area (Å²) < 4.78 is 4.38. The molecule has 9 heavy (non-hydrogen) atoms. The maximum Gasteiger partial charge on any atom is 0.360 e. The number of aromatic nitrogens is 2. The molecule has 0 fully saturated rings. The van der Waals surface area contributed by atoms with Gasteiger partial charge in [-0.2, -0.15) is 0 Å². The smallest absolute Gasteiger partial charge is 0.360 e. The van der Waals surface area contributed by atoms with Crippen LogP contribution < -0.4 is 0 Å². The topological polar surface area (TPSA) is 76.2 Å². The average molecular weight is 128 g/mol. The Kier molecular flexibility index (Phi) is 1.18. The zero-order valence-corrected chi connectivity index (χ0v) is 4.66. The number of carboxylic acid groups (broad SMARTS) is 1. The molecule has 0 unspecified atom stereocenters. The molecule has 0 aliphatic heterocycles. The van der Waals surface area contributed by atoms with Crippen molar-refractivity contribution in [3.05, 3.63) is 11.5 Å². The quantitative estimate of drug-likeness (QED) is 0.579. The Labute approximate surface area is 50.3 Å². The van der Waals surface area contributed by atoms with Crippen LogP contribution in [-0.2, 0) is 0 Å². The molecule has 48 valence electrons. The van der Waals surface area contributed by atoms with Gasteiger partial charge in [0.15, 0.2) is 5.76 Å². The van der Waals surface area contributed by atoms with Crippen LogP contribution in [0.25, 0.3) is 0 Å². The van der Waals surface area contributed by atoms with Crippen molar-refractivity contribution in [2.75, 3.05) is 0 Å². The van der Waals surface area contributed by atoms with Gasteiger partial charge in [0.2, 0.25) is 5.69 Å². The van der Waals surface area contributed by atoms with Crippen LogP contribution in [0.1, 0.15) is 16.2 Å². The lowest BCUT2D eigenvalue weighted by Crippen LogP contribution is -1.98. The Morgan fingerprint density at radius 3 is 2.67 bits per heavy atom. The first-order valence-corrected chi connectivity index (χ1v) is 2.24. The van der Waals surface area contributed by atoms with E-state index in [1.54, 1.807) is 0 Å². The van der Waals surface area contributed by atoms with Gasteiger partial charge in [-0.15, -0.1) is 5.10 Å². The molecular weight excluding hydrogens is 124 g/mol. The number of aromatic carboxylic acids is 1. The molecule has 0 radical (unpaired) electrons. The Hall–Kier alpha value is -1.39. The zero-order chi connectivity index (χ0) is 6.85. The summed E-state index contributed by atoms with van der Waals surface area (Å²) in [7, 11) is 0. The van der Waals surface area contributed by atoms with Gasteiger partial charge in [-0.3, -0.25) is 0 Å². The molecule has 0 bridgehead atoms. The summed E-state index contributed by atoms with van der Waals surface area (Å²) in [5.74, 6) is -0.892. The Bertz CT molecular complexity index is 229. The number of nitrogens with zero attached hydrogens (tertiary/aromatic N) is 2. The highest BCUT2D eigenvalue weighted by molar-refractivity contribution is 5.85. The van der Waals surface area contributed by atoms with Crippen molar-refractivity contribution in [3.8, 4) is 0 Å². The number of carboxylic acids is 1. The lowest BCUT2D eigenvalue weighted by Gasteiger charge is -1.80. The molecular formula is C4H4N2O3. The fraction of sp³-hybridized carbons (Fsp3) is 0.250. The number of aryl methyl sites for hydroxylation is 1. The minimum Gasteiger partial charge on any atom is -0.476 e. The lowest BCUT2D eigenvalue weighted by molar-refractivity contribution is 0.0689. The third kappa shape index (κ3) is 0.883. The summed E-state index contributed by atoms with van der Waals surface area (Å²) >= 11 is 0. The molecule has 1 N–H and O–H groups in total. The van der Waals surface area contributed by atoms with Gasteiger partial charge in [0.25, 0.3) is 0 Å². The largest absolute Gasteiger partial charge is 0.476 e. The molecule has 0 amide bonds. The second-order valence-corrected chi connectivity index (χ2v) is 1.48. The summed E-state index contributed by atoms with van der Waals surface area (Å²) in [6, 6.07) is 0. The van der Waals surface area contributed by atoms with Gasteiger partial charge in [0.05, 0.1) is 0 Å². The standard InChI is InChI=1S/C4H4N2O3/c1-2-3(4(7)8)5-6-9-2/h1H3,(H,7,8). The van der Waals surface area contributed by atoms with E-state index in [-0.39, 0.29) is 11.5 Å². The van der Waals surface area contributed by atoms with E-state index in [2.05, 4.69) is 14.9 Å². The maximum atomic E-state index is 10.1. The average Bonchev–Trinajstić information content (AvgIpc) is 2.13. The molecule has 5 nitrogen and oxygen atoms in total. The van der Waals surface area contributed by atoms with Gasteiger partial charge in [0, 0.05) is 5.27 Å². The van der Waals surface area contributed by atoms with Crippen molar-refractivity contribution < 1.29 is 14.4 Å². The number of carbonyl (C=O) groups is 1. The molecule has 1 rings (SSSR count). The van der Waals surface area contributed by atoms with E-state index in [9.17, 15) is 4.79 Å². The summed E-state index contributed by atoms with van der Waals surface area (Å²) in [4.78, 5) is 10.1. The number of hydrogen-bond donors (Lipinski definition) is 1. The zero-order valence-electron chi connectivity index (χ0n) is 4.66. The van der Waals surface area contributed by atoms with E-state index in [4.69, 9.17) is 5.11 Å². The summed E-state index contributed by atoms with van der Waals surface area (Å²) in [5, 5.41) is 14.5. The number of rotatable bonds is 1. The molecule has 0 aliphatic carbocycles. The van der Waals surface area contributed by atoms with Gasteiger partial charge in [-0.05, 0) is 6.92 Å². The summed E-state index contributed by atoms with van der Waals surface area (Å²) in [5.41, 5.74) is -0.130. The molecule has 0 saturated carbocycles. The van der Waals surface area contributed by atoms with Crippen LogP contribution in [0.5, 0.6) is 0 Å². The third-order valence-corrected chi connectivity index (χ3v) is 0.855. The molecule has 1 heterocycles. The van der Waals surface area contributed by atoms with Crippen molar-refractivity contribution >= 4 is 5.97 Å². The van der Waals surface area contributed by atoms with Crippen LogP contribution in [0.15, 0.2) is 4.52 Å². The van der Waals surface area contributed by atoms with E-state index in [0.717, 1.165) is 0 Å². The predicted molar refractivity (Wildman–Crippen MR) is 26.0 cm³/mol. The van der Waals surface area contributed by atoms with Crippen LogP contribution in [0, 0.1) is 6.92 Å². The fourth-order valence-corrected chi connectivity index (χ4v) is 0.429. The van der Waals surface area contributed by atoms with Crippen molar-refractivity contribution in [2.24, 2.45) is 0 Å². The fourth-order valence-electron chi connectivity index (χ4n) is 0.429. The third-order valence-electron chi connectivity index (χ3n) is 0.855. The van der Waals surface area contributed by atoms with Crippen LogP contribution in [-0.4, -0.2) is 21.4 Å². The first kappa shape index (κ1) is 5.74. The van der Waals surface area contributed by atoms with E-state index < -0.39 is 5.97 Å². The summed E-state index contributed by atoms with van der Waals surface area (Å²) in [6.07, 6.45) is 0. The van der Waals surface area contributed by atoms with Crippen LogP contribution in [0.4, 0.5) is 0 Å². The van der Waals surface area contributed by atoms with E-state index in [0.29, 0.717) is 0 Å². The van der Waals surface area contributed by atoms with Crippen LogP contribution in [0.2, 0.25) is 0 Å². The second kappa shape index (κ2) is 1.85. The minimum atomic E-state index is -1.12. The van der Waals surface area contributed by atoms with Crippen LogP contribution in [0.3, 0.4) is 0 Å². The first-order chi connectivity index (χ1) is 4.22. The Morgan fingerprint density at radius 1 is 1.78 bits per heavy atom. The normalized spacial score (nSPS) is 9.44. The molecule has 0 spiro atoms. The maximum absolute atomic E-state index is 10.1. The van der Waals surface area contributed by atoms with Gasteiger partial charge >= 0.3 is 5.97 Å². The highest BCUT2D eigenvalue weighted by atomic mass is 16.5. The number of hydrogen-bond acceptors (Lipinski definition) is 4.